The van der Waals surface area contributed by atoms with Crippen LogP contribution in [-0.2, 0) is 21.2 Å². The van der Waals surface area contributed by atoms with Gasteiger partial charge in [0.2, 0.25) is 5.91 Å². The van der Waals surface area contributed by atoms with E-state index in [0.29, 0.717) is 30.8 Å². The zero-order valence-electron chi connectivity index (χ0n) is 17.8. The van der Waals surface area contributed by atoms with Crippen LogP contribution in [0.25, 0.3) is 10.9 Å². The summed E-state index contributed by atoms with van der Waals surface area (Å²) in [6.45, 7) is 0. The van der Waals surface area contributed by atoms with Crippen LogP contribution in [0.4, 0.5) is 0 Å². The van der Waals surface area contributed by atoms with Crippen LogP contribution in [0.5, 0.6) is 0 Å². The predicted octanol–water partition coefficient (Wildman–Crippen LogP) is 5.04. The molecule has 4 rings (SSSR count). The standard InChI is InChI=1S/C25H30N2O3S/c28-25(26-21-12-4-1-2-5-13-21)18-10-11-20-19-27(24-17-9-8-16-23(20)24)31(29,30)22-14-6-3-7-15-22/h3,6-9,14-17,19,21H,1-2,4-5,10-13,18H2,(H,26,28). The maximum atomic E-state index is 13.2. The van der Waals surface area contributed by atoms with Gasteiger partial charge >= 0.3 is 0 Å². The van der Waals surface area contributed by atoms with Gasteiger partial charge in [-0.25, -0.2) is 12.4 Å². The summed E-state index contributed by atoms with van der Waals surface area (Å²) in [5.74, 6) is 0.104. The normalized spacial score (nSPS) is 15.6. The van der Waals surface area contributed by atoms with Gasteiger partial charge in [0, 0.05) is 24.0 Å². The first-order chi connectivity index (χ1) is 15.1. The number of carbonyl (C=O) groups excluding carboxylic acids is 1. The lowest BCUT2D eigenvalue weighted by Crippen LogP contribution is -2.34. The van der Waals surface area contributed by atoms with Crippen molar-refractivity contribution in [1.82, 2.24) is 9.29 Å². The number of benzene rings is 2. The van der Waals surface area contributed by atoms with Crippen molar-refractivity contribution >= 4 is 26.8 Å². The zero-order chi connectivity index (χ0) is 21.7. The van der Waals surface area contributed by atoms with Gasteiger partial charge in [0.25, 0.3) is 10.0 Å². The third-order valence-corrected chi connectivity index (χ3v) is 7.82. The van der Waals surface area contributed by atoms with Crippen molar-refractivity contribution in [3.63, 3.8) is 0 Å². The molecule has 0 bridgehead atoms. The molecule has 0 atom stereocenters. The second-order valence-electron chi connectivity index (χ2n) is 8.39. The summed E-state index contributed by atoms with van der Waals surface area (Å²) in [6.07, 6.45) is 10.6. The average molecular weight is 439 g/mol. The molecule has 1 amide bonds. The van der Waals surface area contributed by atoms with Crippen molar-refractivity contribution in [2.45, 2.75) is 68.7 Å². The molecule has 1 aromatic heterocycles. The van der Waals surface area contributed by atoms with E-state index in [9.17, 15) is 13.2 Å². The smallest absolute Gasteiger partial charge is 0.268 e. The van der Waals surface area contributed by atoms with Crippen molar-refractivity contribution in [2.75, 3.05) is 0 Å². The molecule has 1 aliphatic rings. The number of aromatic nitrogens is 1. The minimum atomic E-state index is -3.67. The summed E-state index contributed by atoms with van der Waals surface area (Å²) >= 11 is 0. The summed E-state index contributed by atoms with van der Waals surface area (Å²) < 4.78 is 27.8. The Kier molecular flexibility index (Phi) is 6.76. The quantitative estimate of drug-likeness (QED) is 0.526. The van der Waals surface area contributed by atoms with E-state index in [1.807, 2.05) is 24.3 Å². The van der Waals surface area contributed by atoms with Crippen LogP contribution in [0, 0.1) is 0 Å². The first-order valence-electron chi connectivity index (χ1n) is 11.2. The SMILES string of the molecule is O=C(CCCc1cn(S(=O)(=O)c2ccccc2)c2ccccc12)NC1CCCCCC1. The van der Waals surface area contributed by atoms with Crippen LogP contribution in [0.15, 0.2) is 65.7 Å². The van der Waals surface area contributed by atoms with E-state index in [1.54, 1.807) is 36.5 Å². The third kappa shape index (κ3) is 5.01. The molecular weight excluding hydrogens is 408 g/mol. The Hall–Kier alpha value is -2.60. The second-order valence-corrected chi connectivity index (χ2v) is 10.2. The maximum Gasteiger partial charge on any atom is 0.268 e. The molecule has 0 aliphatic heterocycles. The number of hydrogen-bond acceptors (Lipinski definition) is 3. The molecule has 0 radical (unpaired) electrons. The second kappa shape index (κ2) is 9.69. The summed E-state index contributed by atoms with van der Waals surface area (Å²) in [5, 5.41) is 4.12. The van der Waals surface area contributed by atoms with Crippen LogP contribution in [0.2, 0.25) is 0 Å². The molecular formula is C25H30N2O3S. The first-order valence-corrected chi connectivity index (χ1v) is 12.7. The van der Waals surface area contributed by atoms with Crippen molar-refractivity contribution in [3.8, 4) is 0 Å². The van der Waals surface area contributed by atoms with Gasteiger partial charge in [-0.05, 0) is 49.4 Å². The Morgan fingerprint density at radius 1 is 0.935 bits per heavy atom. The molecule has 31 heavy (non-hydrogen) atoms. The molecule has 1 aliphatic carbocycles. The largest absolute Gasteiger partial charge is 0.353 e. The number of amides is 1. The Balaban J connectivity index is 1.47. The highest BCUT2D eigenvalue weighted by atomic mass is 32.2. The molecule has 6 heteroatoms. The van der Waals surface area contributed by atoms with E-state index >= 15 is 0 Å². The highest BCUT2D eigenvalue weighted by Crippen LogP contribution is 2.27. The molecule has 164 valence electrons. The number of aryl methyl sites for hydroxylation is 1. The molecule has 3 aromatic rings. The van der Waals surface area contributed by atoms with E-state index in [2.05, 4.69) is 5.32 Å². The fourth-order valence-electron chi connectivity index (χ4n) is 4.49. The van der Waals surface area contributed by atoms with Crippen molar-refractivity contribution < 1.29 is 13.2 Å². The number of carbonyl (C=O) groups is 1. The van der Waals surface area contributed by atoms with Gasteiger partial charge in [-0.1, -0.05) is 62.1 Å². The molecule has 0 spiro atoms. The lowest BCUT2D eigenvalue weighted by Gasteiger charge is -2.16. The highest BCUT2D eigenvalue weighted by molar-refractivity contribution is 7.90. The molecule has 5 nitrogen and oxygen atoms in total. The predicted molar refractivity (Wildman–Crippen MR) is 124 cm³/mol. The monoisotopic (exact) mass is 438 g/mol. The van der Waals surface area contributed by atoms with Gasteiger partial charge < -0.3 is 5.32 Å². The van der Waals surface area contributed by atoms with E-state index in [0.717, 1.165) is 23.8 Å². The lowest BCUT2D eigenvalue weighted by molar-refractivity contribution is -0.121. The molecule has 0 unspecified atom stereocenters. The zero-order valence-corrected chi connectivity index (χ0v) is 18.6. The summed E-state index contributed by atoms with van der Waals surface area (Å²) in [7, 11) is -3.67. The van der Waals surface area contributed by atoms with Gasteiger partial charge in [0.05, 0.1) is 10.4 Å². The first kappa shape index (κ1) is 21.6. The number of fused-ring (bicyclic) bond motifs is 1. The Morgan fingerprint density at radius 2 is 1.61 bits per heavy atom. The number of para-hydroxylation sites is 1. The molecule has 1 N–H and O–H groups in total. The fraction of sp³-hybridized carbons (Fsp3) is 0.400. The van der Waals surface area contributed by atoms with Crippen LogP contribution < -0.4 is 5.32 Å². The average Bonchev–Trinajstić information content (AvgIpc) is 2.96. The van der Waals surface area contributed by atoms with Gasteiger partial charge in [-0.15, -0.1) is 0 Å². The van der Waals surface area contributed by atoms with Crippen molar-refractivity contribution in [1.29, 1.82) is 0 Å². The fourth-order valence-corrected chi connectivity index (χ4v) is 5.90. The van der Waals surface area contributed by atoms with Crippen LogP contribution >= 0.6 is 0 Å². The van der Waals surface area contributed by atoms with E-state index < -0.39 is 10.0 Å². The van der Waals surface area contributed by atoms with Crippen LogP contribution in [0.1, 0.15) is 56.9 Å². The van der Waals surface area contributed by atoms with Crippen LogP contribution in [0.3, 0.4) is 0 Å². The minimum Gasteiger partial charge on any atom is -0.353 e. The Bertz CT molecular complexity index is 1130. The number of hydrogen-bond donors (Lipinski definition) is 1. The highest BCUT2D eigenvalue weighted by Gasteiger charge is 2.21. The minimum absolute atomic E-state index is 0.104. The lowest BCUT2D eigenvalue weighted by atomic mass is 10.1. The summed E-state index contributed by atoms with van der Waals surface area (Å²) in [5.41, 5.74) is 1.63. The molecule has 1 saturated carbocycles. The molecule has 0 saturated heterocycles. The van der Waals surface area contributed by atoms with Gasteiger partial charge in [0.15, 0.2) is 0 Å². The van der Waals surface area contributed by atoms with Crippen molar-refractivity contribution in [3.05, 3.63) is 66.4 Å². The van der Waals surface area contributed by atoms with Gasteiger partial charge in [-0.2, -0.15) is 0 Å². The van der Waals surface area contributed by atoms with Crippen LogP contribution in [-0.4, -0.2) is 24.3 Å². The van der Waals surface area contributed by atoms with Gasteiger partial charge in [0.1, 0.15) is 0 Å². The van der Waals surface area contributed by atoms with Crippen molar-refractivity contribution in [2.24, 2.45) is 0 Å². The Labute approximate surface area is 184 Å². The van der Waals surface area contributed by atoms with E-state index in [-0.39, 0.29) is 10.8 Å². The molecule has 1 heterocycles. The topological polar surface area (TPSA) is 68.2 Å². The number of rotatable bonds is 7. The molecule has 2 aromatic carbocycles. The summed E-state index contributed by atoms with van der Waals surface area (Å²) in [6, 6.07) is 16.4. The number of nitrogens with one attached hydrogen (secondary N) is 1. The summed E-state index contributed by atoms with van der Waals surface area (Å²) in [4.78, 5) is 12.7. The molecule has 1 fully saturated rings. The maximum absolute atomic E-state index is 13.2. The third-order valence-electron chi connectivity index (χ3n) is 6.13. The van der Waals surface area contributed by atoms with Gasteiger partial charge in [-0.3, -0.25) is 4.79 Å². The Morgan fingerprint density at radius 3 is 2.35 bits per heavy atom. The van der Waals surface area contributed by atoms with E-state index in [1.165, 1.54) is 29.7 Å². The number of nitrogens with zero attached hydrogens (tertiary/aromatic N) is 1. The van der Waals surface area contributed by atoms with E-state index in [4.69, 9.17) is 0 Å².